The third-order valence-corrected chi connectivity index (χ3v) is 2.61. The van der Waals surface area contributed by atoms with Crippen molar-refractivity contribution in [3.8, 4) is 5.75 Å². The van der Waals surface area contributed by atoms with Crippen molar-refractivity contribution in [2.45, 2.75) is 6.42 Å². The van der Waals surface area contributed by atoms with Crippen LogP contribution in [0.2, 0.25) is 0 Å². The quantitative estimate of drug-likeness (QED) is 0.763. The Kier molecular flexibility index (Phi) is 4.69. The number of aromatic nitrogens is 1. The summed E-state index contributed by atoms with van der Waals surface area (Å²) >= 11 is 0. The second kappa shape index (κ2) is 6.70. The maximum atomic E-state index is 11.5. The highest BCUT2D eigenvalue weighted by Gasteiger charge is 2.05. The van der Waals surface area contributed by atoms with Crippen molar-refractivity contribution in [2.24, 2.45) is 0 Å². The van der Waals surface area contributed by atoms with Gasteiger partial charge >= 0.3 is 0 Å². The van der Waals surface area contributed by atoms with Crippen molar-refractivity contribution < 1.29 is 14.6 Å². The van der Waals surface area contributed by atoms with E-state index < -0.39 is 0 Å². The molecule has 19 heavy (non-hydrogen) atoms. The Morgan fingerprint density at radius 2 is 2.16 bits per heavy atom. The van der Waals surface area contributed by atoms with E-state index in [-0.39, 0.29) is 19.1 Å². The van der Waals surface area contributed by atoms with Crippen LogP contribution in [0.1, 0.15) is 6.42 Å². The Balaban J connectivity index is 1.96. The van der Waals surface area contributed by atoms with Crippen LogP contribution in [0, 0.1) is 0 Å². The predicted octanol–water partition coefficient (Wildman–Crippen LogP) is 1.11. The molecule has 0 atom stereocenters. The number of nitrogens with one attached hydrogen (secondary N) is 1. The van der Waals surface area contributed by atoms with Crippen molar-refractivity contribution in [1.82, 2.24) is 10.3 Å². The second-order valence-electron chi connectivity index (χ2n) is 4.05. The molecule has 1 aromatic heterocycles. The standard InChI is InChI=1S/C14H16N2O3/c17-9-3-8-15-13(18)10-19-12-6-1-4-11-5-2-7-16-14(11)12/h1-2,4-7,17H,3,8-10H2,(H,15,18). The number of ether oxygens (including phenoxy) is 1. The van der Waals surface area contributed by atoms with Crippen molar-refractivity contribution in [3.63, 3.8) is 0 Å². The molecule has 0 aliphatic rings. The van der Waals surface area contributed by atoms with E-state index in [1.54, 1.807) is 12.3 Å². The number of benzene rings is 1. The van der Waals surface area contributed by atoms with Crippen LogP contribution in [0.25, 0.3) is 10.9 Å². The van der Waals surface area contributed by atoms with Crippen LogP contribution >= 0.6 is 0 Å². The zero-order valence-electron chi connectivity index (χ0n) is 10.5. The minimum Gasteiger partial charge on any atom is -0.481 e. The lowest BCUT2D eigenvalue weighted by molar-refractivity contribution is -0.123. The van der Waals surface area contributed by atoms with Gasteiger partial charge in [0.05, 0.1) is 0 Å². The van der Waals surface area contributed by atoms with E-state index in [0.717, 1.165) is 10.9 Å². The molecule has 0 fully saturated rings. The highest BCUT2D eigenvalue weighted by molar-refractivity contribution is 5.85. The molecule has 1 amide bonds. The lowest BCUT2D eigenvalue weighted by Crippen LogP contribution is -2.30. The number of nitrogens with zero attached hydrogens (tertiary/aromatic N) is 1. The number of carbonyl (C=O) groups excluding carboxylic acids is 1. The van der Waals surface area contributed by atoms with Crippen LogP contribution in [0.5, 0.6) is 5.75 Å². The first kappa shape index (κ1) is 13.3. The van der Waals surface area contributed by atoms with Crippen molar-refractivity contribution in [3.05, 3.63) is 36.5 Å². The molecule has 0 saturated carbocycles. The highest BCUT2D eigenvalue weighted by Crippen LogP contribution is 2.22. The van der Waals surface area contributed by atoms with Crippen LogP contribution in [0.4, 0.5) is 0 Å². The third kappa shape index (κ3) is 3.66. The van der Waals surface area contributed by atoms with Crippen molar-refractivity contribution in [1.29, 1.82) is 0 Å². The molecule has 0 saturated heterocycles. The predicted molar refractivity (Wildman–Crippen MR) is 72.0 cm³/mol. The van der Waals surface area contributed by atoms with E-state index in [1.807, 2.05) is 24.3 Å². The Morgan fingerprint density at radius 1 is 1.32 bits per heavy atom. The van der Waals surface area contributed by atoms with Crippen LogP contribution in [0.3, 0.4) is 0 Å². The molecule has 1 heterocycles. The van der Waals surface area contributed by atoms with Gasteiger partial charge in [-0.25, -0.2) is 0 Å². The molecule has 0 unspecified atom stereocenters. The second-order valence-corrected chi connectivity index (χ2v) is 4.05. The molecule has 0 spiro atoms. The molecule has 0 radical (unpaired) electrons. The summed E-state index contributed by atoms with van der Waals surface area (Å²) in [6, 6.07) is 9.39. The van der Waals surface area contributed by atoms with E-state index in [4.69, 9.17) is 9.84 Å². The van der Waals surface area contributed by atoms with Gasteiger partial charge < -0.3 is 15.2 Å². The van der Waals surface area contributed by atoms with E-state index >= 15 is 0 Å². The van der Waals surface area contributed by atoms with Gasteiger partial charge in [-0.05, 0) is 18.6 Å². The molecular weight excluding hydrogens is 244 g/mol. The van der Waals surface area contributed by atoms with Crippen molar-refractivity contribution >= 4 is 16.8 Å². The summed E-state index contributed by atoms with van der Waals surface area (Å²) in [7, 11) is 0. The maximum Gasteiger partial charge on any atom is 0.257 e. The smallest absolute Gasteiger partial charge is 0.257 e. The Morgan fingerprint density at radius 3 is 3.00 bits per heavy atom. The molecule has 2 N–H and O–H groups in total. The fourth-order valence-corrected chi connectivity index (χ4v) is 1.69. The van der Waals surface area contributed by atoms with Gasteiger partial charge in [-0.1, -0.05) is 18.2 Å². The largest absolute Gasteiger partial charge is 0.481 e. The average molecular weight is 260 g/mol. The first-order valence-electron chi connectivity index (χ1n) is 6.15. The number of hydrogen-bond donors (Lipinski definition) is 2. The van der Waals surface area contributed by atoms with Crippen LogP contribution in [0.15, 0.2) is 36.5 Å². The Hall–Kier alpha value is -2.14. The van der Waals surface area contributed by atoms with E-state index in [1.165, 1.54) is 0 Å². The van der Waals surface area contributed by atoms with Crippen LogP contribution < -0.4 is 10.1 Å². The lowest BCUT2D eigenvalue weighted by atomic mass is 10.2. The van der Waals surface area contributed by atoms with Gasteiger partial charge in [0.25, 0.3) is 5.91 Å². The van der Waals surface area contributed by atoms with Gasteiger partial charge in [0, 0.05) is 24.7 Å². The highest BCUT2D eigenvalue weighted by atomic mass is 16.5. The van der Waals surface area contributed by atoms with Gasteiger partial charge in [-0.15, -0.1) is 0 Å². The summed E-state index contributed by atoms with van der Waals surface area (Å²) in [5.74, 6) is 0.386. The van der Waals surface area contributed by atoms with Crippen molar-refractivity contribution in [2.75, 3.05) is 19.8 Å². The summed E-state index contributed by atoms with van der Waals surface area (Å²) in [6.07, 6.45) is 2.23. The minimum atomic E-state index is -0.207. The molecule has 0 aliphatic carbocycles. The zero-order chi connectivity index (χ0) is 13.5. The summed E-state index contributed by atoms with van der Waals surface area (Å²) in [6.45, 7) is 0.460. The molecular formula is C14H16N2O3. The first-order valence-corrected chi connectivity index (χ1v) is 6.15. The number of carbonyl (C=O) groups is 1. The third-order valence-electron chi connectivity index (χ3n) is 2.61. The molecule has 2 aromatic rings. The minimum absolute atomic E-state index is 0.0544. The number of fused-ring (bicyclic) bond motifs is 1. The summed E-state index contributed by atoms with van der Waals surface area (Å²) in [5.41, 5.74) is 0.744. The Bertz CT molecular complexity index is 552. The fourth-order valence-electron chi connectivity index (χ4n) is 1.69. The molecule has 100 valence electrons. The van der Waals surface area contributed by atoms with E-state index in [0.29, 0.717) is 18.7 Å². The summed E-state index contributed by atoms with van der Waals surface area (Å²) < 4.78 is 5.47. The number of aliphatic hydroxyl groups is 1. The molecule has 0 aliphatic heterocycles. The fraction of sp³-hybridized carbons (Fsp3) is 0.286. The number of aliphatic hydroxyl groups excluding tert-OH is 1. The van der Waals surface area contributed by atoms with Gasteiger partial charge in [-0.3, -0.25) is 9.78 Å². The monoisotopic (exact) mass is 260 g/mol. The number of amides is 1. The molecule has 1 aromatic carbocycles. The molecule has 2 rings (SSSR count). The SMILES string of the molecule is O=C(COc1cccc2cccnc12)NCCCO. The van der Waals surface area contributed by atoms with E-state index in [9.17, 15) is 4.79 Å². The normalized spacial score (nSPS) is 10.4. The molecule has 5 nitrogen and oxygen atoms in total. The Labute approximate surface area is 111 Å². The number of pyridine rings is 1. The number of rotatable bonds is 6. The van der Waals surface area contributed by atoms with Gasteiger partial charge in [-0.2, -0.15) is 0 Å². The van der Waals surface area contributed by atoms with Gasteiger partial charge in [0.15, 0.2) is 6.61 Å². The summed E-state index contributed by atoms with van der Waals surface area (Å²) in [5, 5.41) is 12.2. The number of hydrogen-bond acceptors (Lipinski definition) is 4. The van der Waals surface area contributed by atoms with Gasteiger partial charge in [0.2, 0.25) is 0 Å². The maximum absolute atomic E-state index is 11.5. The summed E-state index contributed by atoms with van der Waals surface area (Å²) in [4.78, 5) is 15.7. The van der Waals surface area contributed by atoms with Crippen LogP contribution in [-0.2, 0) is 4.79 Å². The zero-order valence-corrected chi connectivity index (χ0v) is 10.5. The van der Waals surface area contributed by atoms with Crippen LogP contribution in [-0.4, -0.2) is 35.8 Å². The van der Waals surface area contributed by atoms with Gasteiger partial charge in [0.1, 0.15) is 11.3 Å². The number of para-hydroxylation sites is 1. The average Bonchev–Trinajstić information content (AvgIpc) is 2.45. The van der Waals surface area contributed by atoms with E-state index in [2.05, 4.69) is 10.3 Å². The molecule has 0 bridgehead atoms. The first-order chi connectivity index (χ1) is 9.31. The molecule has 5 heteroatoms. The topological polar surface area (TPSA) is 71.5 Å². The lowest BCUT2D eigenvalue weighted by Gasteiger charge is -2.08.